The number of rotatable bonds is 5. The van der Waals surface area contributed by atoms with E-state index < -0.39 is 0 Å². The third kappa shape index (κ3) is 3.95. The molecule has 0 aliphatic rings. The number of hydrogen-bond acceptors (Lipinski definition) is 2. The highest BCUT2D eigenvalue weighted by atomic mass is 79.9. The molecule has 0 bridgehead atoms. The fourth-order valence-corrected chi connectivity index (χ4v) is 2.09. The molecule has 0 saturated carbocycles. The first kappa shape index (κ1) is 14.8. The molecule has 2 aromatic carbocycles. The van der Waals surface area contributed by atoms with E-state index in [1.54, 1.807) is 24.3 Å². The number of para-hydroxylation sites is 1. The van der Waals surface area contributed by atoms with E-state index >= 15 is 0 Å². The van der Waals surface area contributed by atoms with Crippen LogP contribution in [0.15, 0.2) is 59.1 Å². The Morgan fingerprint density at radius 1 is 1.15 bits per heavy atom. The van der Waals surface area contributed by atoms with E-state index in [0.29, 0.717) is 23.0 Å². The highest BCUT2D eigenvalue weighted by Crippen LogP contribution is 2.21. The maximum atomic E-state index is 10.9. The molecule has 20 heavy (non-hydrogen) atoms. The van der Waals surface area contributed by atoms with E-state index in [0.717, 1.165) is 16.3 Å². The Labute approximate surface area is 131 Å². The number of halogens is 2. The predicted molar refractivity (Wildman–Crippen MR) is 85.3 cm³/mol. The molecule has 2 rings (SSSR count). The third-order valence-corrected chi connectivity index (χ3v) is 3.57. The zero-order valence-corrected chi connectivity index (χ0v) is 12.9. The van der Waals surface area contributed by atoms with Gasteiger partial charge >= 0.3 is 0 Å². The van der Waals surface area contributed by atoms with Crippen molar-refractivity contribution < 1.29 is 9.53 Å². The second-order valence-corrected chi connectivity index (χ2v) is 5.35. The van der Waals surface area contributed by atoms with Crippen molar-refractivity contribution in [1.82, 2.24) is 0 Å². The lowest BCUT2D eigenvalue weighted by atomic mass is 10.2. The first-order chi connectivity index (χ1) is 9.70. The van der Waals surface area contributed by atoms with E-state index in [1.807, 2.05) is 30.3 Å². The van der Waals surface area contributed by atoms with Gasteiger partial charge in [-0.3, -0.25) is 4.79 Å². The lowest BCUT2D eigenvalue weighted by Gasteiger charge is -2.06. The fraction of sp³-hybridized carbons (Fsp3) is 0.0625. The van der Waals surface area contributed by atoms with Gasteiger partial charge in [-0.25, -0.2) is 0 Å². The van der Waals surface area contributed by atoms with Gasteiger partial charge < -0.3 is 4.74 Å². The SMILES string of the molecule is O=Cc1ccccc1OC/C=C(\Cl)c1ccc(Br)cc1. The van der Waals surface area contributed by atoms with Crippen LogP contribution in [0.5, 0.6) is 5.75 Å². The minimum atomic E-state index is 0.305. The van der Waals surface area contributed by atoms with Crippen molar-refractivity contribution in [3.05, 3.63) is 70.2 Å². The summed E-state index contributed by atoms with van der Waals surface area (Å²) in [6, 6.07) is 14.8. The lowest BCUT2D eigenvalue weighted by Crippen LogP contribution is -1.97. The molecule has 0 atom stereocenters. The Hall–Kier alpha value is -1.58. The van der Waals surface area contributed by atoms with Crippen molar-refractivity contribution in [3.8, 4) is 5.75 Å². The van der Waals surface area contributed by atoms with Gasteiger partial charge in [0.1, 0.15) is 12.4 Å². The standard InChI is InChI=1S/C16H12BrClO2/c17-14-7-5-12(6-8-14)15(18)9-10-20-16-4-2-1-3-13(16)11-19/h1-9,11H,10H2/b15-9-. The summed E-state index contributed by atoms with van der Waals surface area (Å²) in [5.41, 5.74) is 1.45. The summed E-state index contributed by atoms with van der Waals surface area (Å²) in [6.45, 7) is 0.305. The minimum Gasteiger partial charge on any atom is -0.489 e. The first-order valence-electron chi connectivity index (χ1n) is 5.99. The molecule has 0 aliphatic carbocycles. The smallest absolute Gasteiger partial charge is 0.153 e. The average molecular weight is 352 g/mol. The Balaban J connectivity index is 2.02. The molecule has 0 aliphatic heterocycles. The summed E-state index contributed by atoms with van der Waals surface area (Å²) >= 11 is 9.57. The molecule has 0 amide bonds. The van der Waals surface area contributed by atoms with Crippen molar-refractivity contribution in [3.63, 3.8) is 0 Å². The van der Waals surface area contributed by atoms with Crippen LogP contribution in [-0.4, -0.2) is 12.9 Å². The van der Waals surface area contributed by atoms with E-state index in [4.69, 9.17) is 16.3 Å². The Morgan fingerprint density at radius 2 is 1.85 bits per heavy atom. The van der Waals surface area contributed by atoms with Crippen LogP contribution in [-0.2, 0) is 0 Å². The molecule has 0 spiro atoms. The van der Waals surface area contributed by atoms with Crippen LogP contribution in [0.1, 0.15) is 15.9 Å². The highest BCUT2D eigenvalue weighted by Gasteiger charge is 2.01. The van der Waals surface area contributed by atoms with E-state index in [-0.39, 0.29) is 0 Å². The number of carbonyl (C=O) groups excluding carboxylic acids is 1. The predicted octanol–water partition coefficient (Wildman–Crippen LogP) is 4.92. The third-order valence-electron chi connectivity index (χ3n) is 2.67. The summed E-state index contributed by atoms with van der Waals surface area (Å²) in [7, 11) is 0. The Morgan fingerprint density at radius 3 is 2.55 bits per heavy atom. The number of hydrogen-bond donors (Lipinski definition) is 0. The van der Waals surface area contributed by atoms with Gasteiger partial charge in [0, 0.05) is 9.51 Å². The van der Waals surface area contributed by atoms with Crippen LogP contribution in [0.2, 0.25) is 0 Å². The molecule has 0 aromatic heterocycles. The number of benzene rings is 2. The second kappa shape index (κ2) is 7.27. The number of ether oxygens (including phenoxy) is 1. The van der Waals surface area contributed by atoms with Gasteiger partial charge in [0.05, 0.1) is 5.56 Å². The van der Waals surface area contributed by atoms with E-state index in [9.17, 15) is 4.79 Å². The maximum Gasteiger partial charge on any atom is 0.153 e. The van der Waals surface area contributed by atoms with Gasteiger partial charge in [-0.15, -0.1) is 0 Å². The zero-order chi connectivity index (χ0) is 14.4. The molecule has 0 radical (unpaired) electrons. The fourth-order valence-electron chi connectivity index (χ4n) is 1.64. The summed E-state index contributed by atoms with van der Waals surface area (Å²) in [5.74, 6) is 0.555. The van der Waals surface area contributed by atoms with Crippen LogP contribution in [0.25, 0.3) is 5.03 Å². The normalized spacial score (nSPS) is 11.2. The number of carbonyl (C=O) groups is 1. The second-order valence-electron chi connectivity index (χ2n) is 4.03. The topological polar surface area (TPSA) is 26.3 Å². The largest absolute Gasteiger partial charge is 0.489 e. The van der Waals surface area contributed by atoms with Gasteiger partial charge in [-0.05, 0) is 35.9 Å². The van der Waals surface area contributed by atoms with Crippen LogP contribution in [0.4, 0.5) is 0 Å². The van der Waals surface area contributed by atoms with Gasteiger partial charge in [-0.1, -0.05) is 51.8 Å². The molecule has 4 heteroatoms. The van der Waals surface area contributed by atoms with Crippen molar-refractivity contribution in [2.75, 3.05) is 6.61 Å². The van der Waals surface area contributed by atoms with Gasteiger partial charge in [-0.2, -0.15) is 0 Å². The van der Waals surface area contributed by atoms with Crippen molar-refractivity contribution in [1.29, 1.82) is 0 Å². The monoisotopic (exact) mass is 350 g/mol. The van der Waals surface area contributed by atoms with Crippen molar-refractivity contribution in [2.24, 2.45) is 0 Å². The maximum absolute atomic E-state index is 10.9. The van der Waals surface area contributed by atoms with Crippen LogP contribution in [0, 0.1) is 0 Å². The Kier molecular flexibility index (Phi) is 5.39. The highest BCUT2D eigenvalue weighted by molar-refractivity contribution is 9.10. The zero-order valence-electron chi connectivity index (χ0n) is 10.6. The first-order valence-corrected chi connectivity index (χ1v) is 7.16. The minimum absolute atomic E-state index is 0.305. The van der Waals surface area contributed by atoms with Gasteiger partial charge in [0.15, 0.2) is 6.29 Å². The molecular weight excluding hydrogens is 340 g/mol. The van der Waals surface area contributed by atoms with Crippen LogP contribution in [0.3, 0.4) is 0 Å². The molecule has 0 heterocycles. The lowest BCUT2D eigenvalue weighted by molar-refractivity contribution is 0.112. The van der Waals surface area contributed by atoms with Gasteiger partial charge in [0.25, 0.3) is 0 Å². The molecule has 2 aromatic rings. The summed E-state index contributed by atoms with van der Waals surface area (Å²) in [4.78, 5) is 10.9. The summed E-state index contributed by atoms with van der Waals surface area (Å²) in [5, 5.41) is 0.612. The van der Waals surface area contributed by atoms with Crippen LogP contribution < -0.4 is 4.74 Å². The summed E-state index contributed by atoms with van der Waals surface area (Å²) in [6.07, 6.45) is 2.54. The molecular formula is C16H12BrClO2. The quantitative estimate of drug-likeness (QED) is 0.715. The molecule has 0 saturated heterocycles. The van der Waals surface area contributed by atoms with E-state index in [2.05, 4.69) is 15.9 Å². The Bertz CT molecular complexity index is 621. The molecule has 0 fully saturated rings. The van der Waals surface area contributed by atoms with E-state index in [1.165, 1.54) is 0 Å². The van der Waals surface area contributed by atoms with Crippen molar-refractivity contribution in [2.45, 2.75) is 0 Å². The van der Waals surface area contributed by atoms with Crippen LogP contribution >= 0.6 is 27.5 Å². The molecule has 0 N–H and O–H groups in total. The molecule has 102 valence electrons. The average Bonchev–Trinajstić information content (AvgIpc) is 2.48. The van der Waals surface area contributed by atoms with Gasteiger partial charge in [0.2, 0.25) is 0 Å². The molecule has 0 unspecified atom stereocenters. The van der Waals surface area contributed by atoms with Crippen molar-refractivity contribution >= 4 is 38.8 Å². The number of aldehydes is 1. The summed E-state index contributed by atoms with van der Waals surface area (Å²) < 4.78 is 6.54. The molecule has 2 nitrogen and oxygen atoms in total.